The number of nitrogens with two attached hydrogens (primary N) is 1. The van der Waals surface area contributed by atoms with Gasteiger partial charge < -0.3 is 20.3 Å². The molecule has 21 heavy (non-hydrogen) atoms. The molecule has 1 saturated heterocycles. The van der Waals surface area contributed by atoms with Crippen molar-refractivity contribution in [2.45, 2.75) is 51.6 Å². The second kappa shape index (κ2) is 9.38. The lowest BCUT2D eigenvalue weighted by Gasteiger charge is -2.36. The van der Waals surface area contributed by atoms with Crippen molar-refractivity contribution in [3.05, 3.63) is 0 Å². The molecule has 0 aromatic carbocycles. The van der Waals surface area contributed by atoms with Crippen molar-refractivity contribution in [3.63, 3.8) is 0 Å². The van der Waals surface area contributed by atoms with Crippen LogP contribution in [0.5, 0.6) is 0 Å². The molecule has 1 fully saturated rings. The number of piperidine rings is 1. The van der Waals surface area contributed by atoms with Gasteiger partial charge in [-0.15, -0.1) is 0 Å². The standard InChI is InChI=1S/C16H33N3O2/c1-13(2)18(3)12-14-7-9-19(10-8-14)16(20)15(17)6-5-11-21-4/h13-15H,5-12,17H2,1-4H3. The molecule has 0 aromatic rings. The van der Waals surface area contributed by atoms with E-state index in [0.717, 1.165) is 38.9 Å². The first-order chi connectivity index (χ1) is 9.95. The first kappa shape index (κ1) is 18.4. The molecule has 5 nitrogen and oxygen atoms in total. The van der Waals surface area contributed by atoms with Gasteiger partial charge >= 0.3 is 0 Å². The average molecular weight is 299 g/mol. The van der Waals surface area contributed by atoms with Crippen LogP contribution in [0, 0.1) is 5.92 Å². The Morgan fingerprint density at radius 2 is 2.00 bits per heavy atom. The molecule has 5 heteroatoms. The van der Waals surface area contributed by atoms with Crippen molar-refractivity contribution >= 4 is 5.91 Å². The fraction of sp³-hybridized carbons (Fsp3) is 0.938. The van der Waals surface area contributed by atoms with E-state index in [1.165, 1.54) is 0 Å². The first-order valence-corrected chi connectivity index (χ1v) is 8.19. The van der Waals surface area contributed by atoms with Gasteiger partial charge in [-0.25, -0.2) is 0 Å². The minimum absolute atomic E-state index is 0.113. The second-order valence-electron chi connectivity index (χ2n) is 6.54. The summed E-state index contributed by atoms with van der Waals surface area (Å²) in [7, 11) is 3.85. The molecular formula is C16H33N3O2. The Morgan fingerprint density at radius 1 is 1.38 bits per heavy atom. The molecule has 0 spiro atoms. The van der Waals surface area contributed by atoms with Gasteiger partial charge in [-0.3, -0.25) is 4.79 Å². The molecule has 2 N–H and O–H groups in total. The van der Waals surface area contributed by atoms with Crippen LogP contribution in [0.4, 0.5) is 0 Å². The summed E-state index contributed by atoms with van der Waals surface area (Å²) >= 11 is 0. The number of carbonyl (C=O) groups is 1. The molecule has 0 aromatic heterocycles. The lowest BCUT2D eigenvalue weighted by Crippen LogP contribution is -2.48. The number of ether oxygens (including phenoxy) is 1. The van der Waals surface area contributed by atoms with Crippen LogP contribution in [-0.4, -0.2) is 68.2 Å². The molecule has 0 bridgehead atoms. The Hall–Kier alpha value is -0.650. The van der Waals surface area contributed by atoms with Gasteiger partial charge in [0.25, 0.3) is 0 Å². The van der Waals surface area contributed by atoms with E-state index in [9.17, 15) is 4.79 Å². The summed E-state index contributed by atoms with van der Waals surface area (Å²) in [6.45, 7) is 7.94. The van der Waals surface area contributed by atoms with Gasteiger partial charge in [-0.1, -0.05) is 0 Å². The summed E-state index contributed by atoms with van der Waals surface area (Å²) in [6.07, 6.45) is 3.74. The Morgan fingerprint density at radius 3 is 2.52 bits per heavy atom. The monoisotopic (exact) mass is 299 g/mol. The maximum atomic E-state index is 12.3. The van der Waals surface area contributed by atoms with E-state index in [4.69, 9.17) is 10.5 Å². The summed E-state index contributed by atoms with van der Waals surface area (Å²) < 4.78 is 5.00. The van der Waals surface area contributed by atoms with Crippen molar-refractivity contribution in [1.29, 1.82) is 0 Å². The Labute approximate surface area is 129 Å². The van der Waals surface area contributed by atoms with Crippen LogP contribution in [0.2, 0.25) is 0 Å². The highest BCUT2D eigenvalue weighted by Gasteiger charge is 2.26. The lowest BCUT2D eigenvalue weighted by molar-refractivity contribution is -0.134. The summed E-state index contributed by atoms with van der Waals surface area (Å²) in [4.78, 5) is 16.6. The van der Waals surface area contributed by atoms with E-state index in [-0.39, 0.29) is 11.9 Å². The minimum atomic E-state index is -0.366. The number of likely N-dealkylation sites (tertiary alicyclic amines) is 1. The van der Waals surface area contributed by atoms with Gasteiger partial charge in [0, 0.05) is 39.4 Å². The minimum Gasteiger partial charge on any atom is -0.385 e. The predicted molar refractivity (Wildman–Crippen MR) is 86.2 cm³/mol. The summed E-state index contributed by atoms with van der Waals surface area (Å²) in [5.74, 6) is 0.813. The largest absolute Gasteiger partial charge is 0.385 e. The Balaban J connectivity index is 2.30. The molecule has 1 unspecified atom stereocenters. The van der Waals surface area contributed by atoms with Crippen LogP contribution in [0.1, 0.15) is 39.5 Å². The highest BCUT2D eigenvalue weighted by molar-refractivity contribution is 5.81. The van der Waals surface area contributed by atoms with Gasteiger partial charge in [0.1, 0.15) is 0 Å². The lowest BCUT2D eigenvalue weighted by atomic mass is 9.95. The van der Waals surface area contributed by atoms with Crippen LogP contribution in [-0.2, 0) is 9.53 Å². The fourth-order valence-electron chi connectivity index (χ4n) is 2.76. The topological polar surface area (TPSA) is 58.8 Å². The fourth-order valence-corrected chi connectivity index (χ4v) is 2.76. The van der Waals surface area contributed by atoms with Crippen molar-refractivity contribution in [1.82, 2.24) is 9.80 Å². The van der Waals surface area contributed by atoms with Crippen LogP contribution in [0.25, 0.3) is 0 Å². The maximum Gasteiger partial charge on any atom is 0.239 e. The number of hydrogen-bond donors (Lipinski definition) is 1. The van der Waals surface area contributed by atoms with Crippen molar-refractivity contribution < 1.29 is 9.53 Å². The molecule has 1 heterocycles. The zero-order valence-electron chi connectivity index (χ0n) is 14.2. The molecule has 1 rings (SSSR count). The van der Waals surface area contributed by atoms with Gasteiger partial charge in [-0.2, -0.15) is 0 Å². The average Bonchev–Trinajstić information content (AvgIpc) is 2.47. The highest BCUT2D eigenvalue weighted by Crippen LogP contribution is 2.19. The molecule has 1 atom stereocenters. The summed E-state index contributed by atoms with van der Waals surface area (Å²) in [5.41, 5.74) is 5.99. The van der Waals surface area contributed by atoms with E-state index >= 15 is 0 Å². The second-order valence-corrected chi connectivity index (χ2v) is 6.54. The predicted octanol–water partition coefficient (Wildman–Crippen LogP) is 1.32. The smallest absolute Gasteiger partial charge is 0.239 e. The molecular weight excluding hydrogens is 266 g/mol. The van der Waals surface area contributed by atoms with Crippen LogP contribution < -0.4 is 5.73 Å². The number of methoxy groups -OCH3 is 1. The van der Waals surface area contributed by atoms with Crippen LogP contribution in [0.15, 0.2) is 0 Å². The summed E-state index contributed by atoms with van der Waals surface area (Å²) in [6, 6.07) is 0.217. The van der Waals surface area contributed by atoms with Crippen LogP contribution >= 0.6 is 0 Å². The van der Waals surface area contributed by atoms with Gasteiger partial charge in [-0.05, 0) is 52.5 Å². The number of amides is 1. The normalized spacial score (nSPS) is 18.5. The van der Waals surface area contributed by atoms with E-state index < -0.39 is 0 Å². The van der Waals surface area contributed by atoms with E-state index in [1.807, 2.05) is 4.90 Å². The number of rotatable bonds is 8. The molecule has 1 aliphatic rings. The zero-order valence-corrected chi connectivity index (χ0v) is 14.2. The molecule has 1 amide bonds. The number of hydrogen-bond acceptors (Lipinski definition) is 4. The third-order valence-electron chi connectivity index (χ3n) is 4.53. The number of carbonyl (C=O) groups excluding carboxylic acids is 1. The van der Waals surface area contributed by atoms with Crippen molar-refractivity contribution in [2.75, 3.05) is 40.4 Å². The Kier molecular flexibility index (Phi) is 8.22. The van der Waals surface area contributed by atoms with Gasteiger partial charge in [0.2, 0.25) is 5.91 Å². The van der Waals surface area contributed by atoms with E-state index in [0.29, 0.717) is 25.0 Å². The van der Waals surface area contributed by atoms with Crippen molar-refractivity contribution in [3.8, 4) is 0 Å². The van der Waals surface area contributed by atoms with Gasteiger partial charge in [0.15, 0.2) is 0 Å². The Bertz CT molecular complexity index is 302. The van der Waals surface area contributed by atoms with E-state index in [1.54, 1.807) is 7.11 Å². The highest BCUT2D eigenvalue weighted by atomic mass is 16.5. The molecule has 1 aliphatic heterocycles. The van der Waals surface area contributed by atoms with Crippen molar-refractivity contribution in [2.24, 2.45) is 11.7 Å². The van der Waals surface area contributed by atoms with Gasteiger partial charge in [0.05, 0.1) is 6.04 Å². The van der Waals surface area contributed by atoms with E-state index in [2.05, 4.69) is 25.8 Å². The third-order valence-corrected chi connectivity index (χ3v) is 4.53. The SMILES string of the molecule is COCCCC(N)C(=O)N1CCC(CN(C)C(C)C)CC1. The molecule has 0 radical (unpaired) electrons. The number of nitrogens with zero attached hydrogens (tertiary/aromatic N) is 2. The zero-order chi connectivity index (χ0) is 15.8. The van der Waals surface area contributed by atoms with Crippen LogP contribution in [0.3, 0.4) is 0 Å². The first-order valence-electron chi connectivity index (χ1n) is 8.19. The molecule has 0 aliphatic carbocycles. The summed E-state index contributed by atoms with van der Waals surface area (Å²) in [5, 5.41) is 0. The maximum absolute atomic E-state index is 12.3. The molecule has 124 valence electrons. The third kappa shape index (κ3) is 6.32. The quantitative estimate of drug-likeness (QED) is 0.687. The molecule has 0 saturated carbocycles.